The Morgan fingerprint density at radius 2 is 2.32 bits per heavy atom. The van der Waals surface area contributed by atoms with Crippen molar-refractivity contribution in [1.29, 1.82) is 0 Å². The second kappa shape index (κ2) is 6.08. The highest BCUT2D eigenvalue weighted by atomic mass is 19.1. The third-order valence-electron chi connectivity index (χ3n) is 3.42. The van der Waals surface area contributed by atoms with E-state index >= 15 is 0 Å². The number of hydrogen-bond donors (Lipinski definition) is 1. The first-order valence-corrected chi connectivity index (χ1v) is 6.32. The highest BCUT2D eigenvalue weighted by Crippen LogP contribution is 2.20. The van der Waals surface area contributed by atoms with Gasteiger partial charge in [0.15, 0.2) is 0 Å². The highest BCUT2D eigenvalue weighted by Gasteiger charge is 2.23. The van der Waals surface area contributed by atoms with E-state index in [-0.39, 0.29) is 11.8 Å². The summed E-state index contributed by atoms with van der Waals surface area (Å²) in [6, 6.07) is 3.63. The summed E-state index contributed by atoms with van der Waals surface area (Å²) in [6.07, 6.45) is 1.24. The number of ether oxygens (including phenoxy) is 1. The summed E-state index contributed by atoms with van der Waals surface area (Å²) in [5.41, 5.74) is 0.368. The third kappa shape index (κ3) is 3.71. The van der Waals surface area contributed by atoms with Crippen LogP contribution in [0.3, 0.4) is 0 Å². The van der Waals surface area contributed by atoms with Gasteiger partial charge in [-0.15, -0.1) is 0 Å². The molecule has 6 heteroatoms. The summed E-state index contributed by atoms with van der Waals surface area (Å²) in [6.45, 7) is 4.00. The maximum atomic E-state index is 13.2. The first kappa shape index (κ1) is 13.9. The lowest BCUT2D eigenvalue weighted by atomic mass is 10.0. The van der Waals surface area contributed by atoms with Gasteiger partial charge in [0, 0.05) is 25.8 Å². The van der Waals surface area contributed by atoms with E-state index in [1.807, 2.05) is 6.92 Å². The van der Waals surface area contributed by atoms with Crippen LogP contribution in [-0.2, 0) is 11.3 Å². The van der Waals surface area contributed by atoms with Gasteiger partial charge in [-0.25, -0.2) is 4.39 Å². The molecule has 0 bridgehead atoms. The lowest BCUT2D eigenvalue weighted by molar-refractivity contribution is -0.385. The van der Waals surface area contributed by atoms with Crippen molar-refractivity contribution in [2.75, 3.05) is 13.2 Å². The number of rotatable bonds is 5. The Bertz CT molecular complexity index is 467. The zero-order valence-corrected chi connectivity index (χ0v) is 10.8. The van der Waals surface area contributed by atoms with Crippen LogP contribution >= 0.6 is 0 Å². The zero-order chi connectivity index (χ0) is 13.8. The first-order chi connectivity index (χ1) is 9.06. The third-order valence-corrected chi connectivity index (χ3v) is 3.42. The van der Waals surface area contributed by atoms with Gasteiger partial charge in [0.05, 0.1) is 17.1 Å². The summed E-state index contributed by atoms with van der Waals surface area (Å²) in [4.78, 5) is 10.0. The Balaban J connectivity index is 1.90. The van der Waals surface area contributed by atoms with Crippen molar-refractivity contribution < 1.29 is 14.1 Å². The summed E-state index contributed by atoms with van der Waals surface area (Å²) >= 11 is 0. The van der Waals surface area contributed by atoms with Crippen LogP contribution in [0.2, 0.25) is 0 Å². The van der Waals surface area contributed by atoms with E-state index < -0.39 is 10.7 Å². The van der Waals surface area contributed by atoms with Gasteiger partial charge in [-0.3, -0.25) is 10.1 Å². The van der Waals surface area contributed by atoms with E-state index in [4.69, 9.17) is 4.74 Å². The molecule has 1 fully saturated rings. The van der Waals surface area contributed by atoms with Crippen molar-refractivity contribution in [2.45, 2.75) is 26.0 Å². The normalized spacial score (nSPS) is 22.6. The van der Waals surface area contributed by atoms with Gasteiger partial charge in [0.1, 0.15) is 5.82 Å². The molecule has 0 radical (unpaired) electrons. The number of non-ortho nitro benzene ring substituents is 1. The minimum Gasteiger partial charge on any atom is -0.378 e. The van der Waals surface area contributed by atoms with Crippen LogP contribution in [0.25, 0.3) is 0 Å². The monoisotopic (exact) mass is 268 g/mol. The van der Waals surface area contributed by atoms with Gasteiger partial charge >= 0.3 is 0 Å². The molecule has 2 unspecified atom stereocenters. The second-order valence-electron chi connectivity index (χ2n) is 4.83. The molecule has 0 spiro atoms. The average Bonchev–Trinajstić information content (AvgIpc) is 2.74. The molecule has 1 N–H and O–H groups in total. The van der Waals surface area contributed by atoms with Crippen molar-refractivity contribution in [3.63, 3.8) is 0 Å². The van der Waals surface area contributed by atoms with Crippen molar-refractivity contribution in [2.24, 2.45) is 5.92 Å². The average molecular weight is 268 g/mol. The number of nitro benzene ring substituents is 1. The van der Waals surface area contributed by atoms with Crippen LogP contribution in [0.4, 0.5) is 10.1 Å². The summed E-state index contributed by atoms with van der Waals surface area (Å²) in [7, 11) is 0. The molecule has 1 aliphatic rings. The molecular formula is C13H17FN2O3. The zero-order valence-electron chi connectivity index (χ0n) is 10.8. The molecule has 1 aliphatic heterocycles. The number of hydrogen-bond acceptors (Lipinski definition) is 4. The Labute approximate surface area is 110 Å². The molecule has 0 saturated carbocycles. The first-order valence-electron chi connectivity index (χ1n) is 6.32. The van der Waals surface area contributed by atoms with Gasteiger partial charge in [-0.1, -0.05) is 0 Å². The molecule has 1 aromatic rings. The molecule has 0 aromatic heterocycles. The van der Waals surface area contributed by atoms with Gasteiger partial charge in [-0.2, -0.15) is 0 Å². The lowest BCUT2D eigenvalue weighted by Gasteiger charge is -2.14. The summed E-state index contributed by atoms with van der Waals surface area (Å²) in [5, 5.41) is 13.8. The summed E-state index contributed by atoms with van der Waals surface area (Å²) in [5.74, 6) is -0.132. The second-order valence-corrected chi connectivity index (χ2v) is 4.83. The molecule has 0 aliphatic carbocycles. The standard InChI is InChI=1S/C13H17FN2O3/c1-9-11(2-3-19-9)8-15-7-10-4-12(14)6-13(5-10)16(17)18/h4-6,9,11,15H,2-3,7-8H2,1H3. The topological polar surface area (TPSA) is 64.4 Å². The molecule has 0 amide bonds. The van der Waals surface area contributed by atoms with Crippen molar-refractivity contribution in [3.8, 4) is 0 Å². The fraction of sp³-hybridized carbons (Fsp3) is 0.538. The molecule has 2 atom stereocenters. The number of nitrogens with zero attached hydrogens (tertiary/aromatic N) is 1. The minimum absolute atomic E-state index is 0.214. The maximum absolute atomic E-state index is 13.2. The number of halogens is 1. The fourth-order valence-electron chi connectivity index (χ4n) is 2.29. The molecular weight excluding hydrogens is 251 g/mol. The van der Waals surface area contributed by atoms with Crippen LogP contribution in [0, 0.1) is 21.8 Å². The van der Waals surface area contributed by atoms with Gasteiger partial charge < -0.3 is 10.1 Å². The maximum Gasteiger partial charge on any atom is 0.272 e. The minimum atomic E-state index is -0.584. The Morgan fingerprint density at radius 3 is 2.95 bits per heavy atom. The molecule has 1 heterocycles. The van der Waals surface area contributed by atoms with Crippen LogP contribution in [0.1, 0.15) is 18.9 Å². The van der Waals surface area contributed by atoms with Crippen LogP contribution in [-0.4, -0.2) is 24.2 Å². The SMILES string of the molecule is CC1OCCC1CNCc1cc(F)cc([N+](=O)[O-])c1. The van der Waals surface area contributed by atoms with Crippen molar-refractivity contribution >= 4 is 5.69 Å². The Morgan fingerprint density at radius 1 is 1.53 bits per heavy atom. The van der Waals surface area contributed by atoms with Crippen molar-refractivity contribution in [3.05, 3.63) is 39.7 Å². The van der Waals surface area contributed by atoms with E-state index in [0.29, 0.717) is 18.0 Å². The highest BCUT2D eigenvalue weighted by molar-refractivity contribution is 5.35. The van der Waals surface area contributed by atoms with Crippen molar-refractivity contribution in [1.82, 2.24) is 5.32 Å². The van der Waals surface area contributed by atoms with Gasteiger partial charge in [-0.05, 0) is 30.9 Å². The predicted octanol–water partition coefficient (Wildman–Crippen LogP) is 2.25. The fourth-order valence-corrected chi connectivity index (χ4v) is 2.29. The molecule has 19 heavy (non-hydrogen) atoms. The molecule has 5 nitrogen and oxygen atoms in total. The van der Waals surface area contributed by atoms with Crippen LogP contribution < -0.4 is 5.32 Å². The number of nitrogens with one attached hydrogen (secondary N) is 1. The summed E-state index contributed by atoms with van der Waals surface area (Å²) < 4.78 is 18.7. The predicted molar refractivity (Wildman–Crippen MR) is 68.3 cm³/mol. The van der Waals surface area contributed by atoms with E-state index in [9.17, 15) is 14.5 Å². The number of nitro groups is 1. The Hall–Kier alpha value is -1.53. The smallest absolute Gasteiger partial charge is 0.272 e. The van der Waals surface area contributed by atoms with Crippen LogP contribution in [0.15, 0.2) is 18.2 Å². The molecule has 2 rings (SSSR count). The molecule has 1 saturated heterocycles. The molecule has 104 valence electrons. The van der Waals surface area contributed by atoms with E-state index in [1.54, 1.807) is 0 Å². The molecule has 1 aromatic carbocycles. The lowest BCUT2D eigenvalue weighted by Crippen LogP contribution is -2.26. The van der Waals surface area contributed by atoms with Crippen LogP contribution in [0.5, 0.6) is 0 Å². The van der Waals surface area contributed by atoms with E-state index in [1.165, 1.54) is 12.1 Å². The largest absolute Gasteiger partial charge is 0.378 e. The van der Waals surface area contributed by atoms with E-state index in [2.05, 4.69) is 5.32 Å². The van der Waals surface area contributed by atoms with Gasteiger partial charge in [0.25, 0.3) is 5.69 Å². The number of benzene rings is 1. The quantitative estimate of drug-likeness (QED) is 0.657. The van der Waals surface area contributed by atoms with E-state index in [0.717, 1.165) is 25.6 Å². The Kier molecular flexibility index (Phi) is 4.44. The van der Waals surface area contributed by atoms with Gasteiger partial charge in [0.2, 0.25) is 0 Å².